The molecule has 1 amide bonds. The maximum atomic E-state index is 12.4. The summed E-state index contributed by atoms with van der Waals surface area (Å²) in [5.41, 5.74) is 0.772. The number of amides is 1. The third-order valence-electron chi connectivity index (χ3n) is 3.74. The number of benzene rings is 1. The first-order valence-corrected chi connectivity index (χ1v) is 7.86. The highest BCUT2D eigenvalue weighted by atomic mass is 35.5. The molecule has 1 saturated heterocycles. The zero-order valence-corrected chi connectivity index (χ0v) is 13.6. The Bertz CT molecular complexity index is 765. The number of piperazine rings is 1. The van der Waals surface area contributed by atoms with E-state index in [4.69, 9.17) is 23.2 Å². The number of aromatic nitrogens is 2. The minimum absolute atomic E-state index is 0.196. The van der Waals surface area contributed by atoms with Gasteiger partial charge in [0.15, 0.2) is 0 Å². The summed E-state index contributed by atoms with van der Waals surface area (Å²) in [4.78, 5) is 27.2. The van der Waals surface area contributed by atoms with Gasteiger partial charge >= 0.3 is 0 Å². The Kier molecular flexibility index (Phi) is 4.54. The molecule has 3 rings (SSSR count). The number of nitrogens with one attached hydrogen (secondary N) is 1. The first-order valence-electron chi connectivity index (χ1n) is 7.10. The van der Waals surface area contributed by atoms with Gasteiger partial charge in [-0.05, 0) is 18.2 Å². The van der Waals surface area contributed by atoms with Crippen LogP contribution in [0.4, 0.5) is 5.69 Å². The lowest BCUT2D eigenvalue weighted by atomic mass is 10.2. The van der Waals surface area contributed by atoms with E-state index in [1.165, 1.54) is 12.1 Å². The Morgan fingerprint density at radius 2 is 1.83 bits per heavy atom. The highest BCUT2D eigenvalue weighted by molar-refractivity contribution is 6.43. The summed E-state index contributed by atoms with van der Waals surface area (Å²) in [5, 5.41) is 7.09. The minimum atomic E-state index is -0.332. The third kappa shape index (κ3) is 3.33. The van der Waals surface area contributed by atoms with E-state index < -0.39 is 0 Å². The first-order chi connectivity index (χ1) is 11.1. The average molecular weight is 353 g/mol. The lowest BCUT2D eigenvalue weighted by Gasteiger charge is -2.36. The highest BCUT2D eigenvalue weighted by Crippen LogP contribution is 2.32. The Morgan fingerprint density at radius 1 is 1.09 bits per heavy atom. The molecule has 0 saturated carbocycles. The molecular weight excluding hydrogens is 339 g/mol. The van der Waals surface area contributed by atoms with Crippen molar-refractivity contribution in [3.8, 4) is 0 Å². The quantitative estimate of drug-likeness (QED) is 0.897. The van der Waals surface area contributed by atoms with Crippen molar-refractivity contribution in [3.63, 3.8) is 0 Å². The maximum Gasteiger partial charge on any atom is 0.274 e. The van der Waals surface area contributed by atoms with Gasteiger partial charge in [-0.25, -0.2) is 5.10 Å². The fourth-order valence-electron chi connectivity index (χ4n) is 2.51. The molecule has 1 N–H and O–H groups in total. The number of hydrogen-bond acceptors (Lipinski definition) is 4. The molecule has 1 aromatic carbocycles. The molecule has 1 aliphatic heterocycles. The standard InChI is InChI=1S/C15H14Cl2N4O2/c16-10-2-1-3-12(14(10)17)20-6-8-21(9-7-20)15(23)11-4-5-13(22)19-18-11/h1-5H,6-9H2,(H,19,22). The number of aromatic amines is 1. The molecule has 2 heterocycles. The van der Waals surface area contributed by atoms with E-state index in [0.29, 0.717) is 36.2 Å². The molecule has 0 atom stereocenters. The minimum Gasteiger partial charge on any atom is -0.367 e. The highest BCUT2D eigenvalue weighted by Gasteiger charge is 2.24. The van der Waals surface area contributed by atoms with E-state index >= 15 is 0 Å². The van der Waals surface area contributed by atoms with Crippen molar-refractivity contribution >= 4 is 34.8 Å². The van der Waals surface area contributed by atoms with Crippen LogP contribution in [0.25, 0.3) is 0 Å². The molecular formula is C15H14Cl2N4O2. The van der Waals surface area contributed by atoms with Crippen LogP contribution in [0, 0.1) is 0 Å². The van der Waals surface area contributed by atoms with Gasteiger partial charge in [0.05, 0.1) is 15.7 Å². The van der Waals surface area contributed by atoms with E-state index in [9.17, 15) is 9.59 Å². The summed E-state index contributed by atoms with van der Waals surface area (Å²) in [6.07, 6.45) is 0. The van der Waals surface area contributed by atoms with Gasteiger partial charge in [-0.3, -0.25) is 9.59 Å². The molecule has 120 valence electrons. The number of H-pyrrole nitrogens is 1. The van der Waals surface area contributed by atoms with Gasteiger partial charge in [-0.15, -0.1) is 0 Å². The van der Waals surface area contributed by atoms with Crippen molar-refractivity contribution in [2.75, 3.05) is 31.1 Å². The van der Waals surface area contributed by atoms with E-state index in [2.05, 4.69) is 15.1 Å². The molecule has 8 heteroatoms. The molecule has 1 aliphatic rings. The molecule has 0 unspecified atom stereocenters. The molecule has 23 heavy (non-hydrogen) atoms. The molecule has 1 fully saturated rings. The van der Waals surface area contributed by atoms with Gasteiger partial charge in [0.1, 0.15) is 5.69 Å². The van der Waals surface area contributed by atoms with Crippen LogP contribution in [0.1, 0.15) is 10.5 Å². The van der Waals surface area contributed by atoms with Crippen LogP contribution >= 0.6 is 23.2 Å². The van der Waals surface area contributed by atoms with Crippen LogP contribution < -0.4 is 10.5 Å². The summed E-state index contributed by atoms with van der Waals surface area (Å²) in [6.45, 7) is 2.38. The summed E-state index contributed by atoms with van der Waals surface area (Å²) in [5.74, 6) is -0.196. The van der Waals surface area contributed by atoms with Gasteiger partial charge < -0.3 is 9.80 Å². The van der Waals surface area contributed by atoms with Crippen LogP contribution in [-0.2, 0) is 0 Å². The van der Waals surface area contributed by atoms with Crippen LogP contribution in [0.2, 0.25) is 10.0 Å². The normalized spacial score (nSPS) is 14.9. The smallest absolute Gasteiger partial charge is 0.274 e. The molecule has 0 spiro atoms. The molecule has 6 nitrogen and oxygen atoms in total. The number of rotatable bonds is 2. The second-order valence-electron chi connectivity index (χ2n) is 5.16. The van der Waals surface area contributed by atoms with E-state index in [1.807, 2.05) is 12.1 Å². The molecule has 2 aromatic rings. The lowest BCUT2D eigenvalue weighted by molar-refractivity contribution is 0.0739. The maximum absolute atomic E-state index is 12.4. The summed E-state index contributed by atoms with van der Waals surface area (Å²) in [6, 6.07) is 8.24. The fourth-order valence-corrected chi connectivity index (χ4v) is 2.93. The van der Waals surface area contributed by atoms with Crippen molar-refractivity contribution in [2.24, 2.45) is 0 Å². The number of carbonyl (C=O) groups excluding carboxylic acids is 1. The van der Waals surface area contributed by atoms with Gasteiger partial charge in [0, 0.05) is 32.2 Å². The van der Waals surface area contributed by atoms with Gasteiger partial charge in [-0.1, -0.05) is 29.3 Å². The number of nitrogens with zero attached hydrogens (tertiary/aromatic N) is 3. The summed E-state index contributed by atoms with van der Waals surface area (Å²) in [7, 11) is 0. The molecule has 0 radical (unpaired) electrons. The van der Waals surface area contributed by atoms with Crippen molar-refractivity contribution in [1.29, 1.82) is 0 Å². The molecule has 1 aromatic heterocycles. The monoisotopic (exact) mass is 352 g/mol. The fraction of sp³-hybridized carbons (Fsp3) is 0.267. The third-order valence-corrected chi connectivity index (χ3v) is 4.55. The average Bonchev–Trinajstić information content (AvgIpc) is 2.58. The van der Waals surface area contributed by atoms with Crippen molar-refractivity contribution in [1.82, 2.24) is 15.1 Å². The van der Waals surface area contributed by atoms with E-state index in [0.717, 1.165) is 5.69 Å². The second kappa shape index (κ2) is 6.60. The SMILES string of the molecule is O=C(c1ccc(=O)[nH]n1)N1CCN(c2cccc(Cl)c2Cl)CC1. The second-order valence-corrected chi connectivity index (χ2v) is 5.94. The van der Waals surface area contributed by atoms with E-state index in [-0.39, 0.29) is 17.2 Å². The van der Waals surface area contributed by atoms with Crippen molar-refractivity contribution < 1.29 is 4.79 Å². The van der Waals surface area contributed by atoms with Crippen LogP contribution in [0.15, 0.2) is 35.1 Å². The van der Waals surface area contributed by atoms with Crippen LogP contribution in [-0.4, -0.2) is 47.2 Å². The predicted molar refractivity (Wildman–Crippen MR) is 89.4 cm³/mol. The largest absolute Gasteiger partial charge is 0.367 e. The van der Waals surface area contributed by atoms with Crippen molar-refractivity contribution in [3.05, 3.63) is 56.4 Å². The number of halogens is 2. The topological polar surface area (TPSA) is 69.3 Å². The van der Waals surface area contributed by atoms with Gasteiger partial charge in [0.25, 0.3) is 11.5 Å². The Morgan fingerprint density at radius 3 is 2.48 bits per heavy atom. The molecule has 0 bridgehead atoms. The molecule has 0 aliphatic carbocycles. The zero-order valence-electron chi connectivity index (χ0n) is 12.1. The Balaban J connectivity index is 1.68. The lowest BCUT2D eigenvalue weighted by Crippen LogP contribution is -2.49. The van der Waals surface area contributed by atoms with E-state index in [1.54, 1.807) is 11.0 Å². The van der Waals surface area contributed by atoms with Crippen LogP contribution in [0.5, 0.6) is 0 Å². The number of anilines is 1. The van der Waals surface area contributed by atoms with Crippen molar-refractivity contribution in [2.45, 2.75) is 0 Å². The van der Waals surface area contributed by atoms with Gasteiger partial charge in [0.2, 0.25) is 0 Å². The van der Waals surface area contributed by atoms with Crippen LogP contribution in [0.3, 0.4) is 0 Å². The summed E-state index contributed by atoms with van der Waals surface area (Å²) >= 11 is 12.3. The summed E-state index contributed by atoms with van der Waals surface area (Å²) < 4.78 is 0. The first kappa shape index (κ1) is 15.8. The number of carbonyl (C=O) groups is 1. The number of hydrogen-bond donors (Lipinski definition) is 1. The zero-order chi connectivity index (χ0) is 16.4. The van der Waals surface area contributed by atoms with Gasteiger partial charge in [-0.2, -0.15) is 5.10 Å². The Hall–Kier alpha value is -2.05. The Labute approximate surface area is 142 Å². The predicted octanol–water partition coefficient (Wildman–Crippen LogP) is 2.04.